The molecule has 0 spiro atoms. The maximum Gasteiger partial charge on any atom is 0.332 e. The highest BCUT2D eigenvalue weighted by Gasteiger charge is 2.13. The zero-order valence-electron chi connectivity index (χ0n) is 8.81. The van der Waals surface area contributed by atoms with Crippen LogP contribution in [0.1, 0.15) is 12.0 Å². The molecule has 0 aromatic heterocycles. The topological polar surface area (TPSA) is 66.8 Å². The molecule has 1 rings (SSSR count). The van der Waals surface area contributed by atoms with Crippen molar-refractivity contribution in [3.05, 3.63) is 28.8 Å². The van der Waals surface area contributed by atoms with Gasteiger partial charge in [0.15, 0.2) is 6.10 Å². The summed E-state index contributed by atoms with van der Waals surface area (Å²) in [7, 11) is 1.54. The van der Waals surface area contributed by atoms with Crippen LogP contribution in [-0.4, -0.2) is 29.4 Å². The van der Waals surface area contributed by atoms with Crippen molar-refractivity contribution in [1.29, 1.82) is 0 Å². The average Bonchev–Trinajstić information content (AvgIpc) is 2.26. The van der Waals surface area contributed by atoms with Crippen LogP contribution in [0.25, 0.3) is 0 Å². The number of carbonyl (C=O) groups is 1. The summed E-state index contributed by atoms with van der Waals surface area (Å²) in [6, 6.07) is 5.16. The third-order valence-corrected chi connectivity index (χ3v) is 2.58. The first-order valence-electron chi connectivity index (χ1n) is 4.78. The summed E-state index contributed by atoms with van der Waals surface area (Å²) in [5.74, 6) is -0.572. The lowest BCUT2D eigenvalue weighted by molar-refractivity contribution is -0.146. The first-order valence-corrected chi connectivity index (χ1v) is 5.15. The third kappa shape index (κ3) is 3.40. The van der Waals surface area contributed by atoms with E-state index in [1.807, 2.05) is 0 Å². The summed E-state index contributed by atoms with van der Waals surface area (Å²) in [5, 5.41) is 18.1. The highest BCUT2D eigenvalue weighted by molar-refractivity contribution is 6.31. The highest BCUT2D eigenvalue weighted by Crippen LogP contribution is 2.23. The second-order valence-electron chi connectivity index (χ2n) is 3.35. The number of rotatable bonds is 5. The van der Waals surface area contributed by atoms with Gasteiger partial charge in [-0.25, -0.2) is 4.79 Å². The predicted molar refractivity (Wildman–Crippen MR) is 60.0 cm³/mol. The number of hydrogen-bond acceptors (Lipinski definition) is 3. The predicted octanol–water partition coefficient (Wildman–Crippen LogP) is 1.73. The lowest BCUT2D eigenvalue weighted by Crippen LogP contribution is -2.19. The Morgan fingerprint density at radius 3 is 2.75 bits per heavy atom. The summed E-state index contributed by atoms with van der Waals surface area (Å²) < 4.78 is 4.99. The molecule has 16 heavy (non-hydrogen) atoms. The number of aryl methyl sites for hydroxylation is 1. The van der Waals surface area contributed by atoms with E-state index in [0.29, 0.717) is 17.2 Å². The maximum atomic E-state index is 10.4. The number of aliphatic carboxylic acids is 1. The summed E-state index contributed by atoms with van der Waals surface area (Å²) >= 11 is 5.96. The number of carboxylic acids is 1. The Balaban J connectivity index is 2.64. The van der Waals surface area contributed by atoms with Crippen LogP contribution in [0.15, 0.2) is 18.2 Å². The van der Waals surface area contributed by atoms with Crippen molar-refractivity contribution in [2.75, 3.05) is 7.11 Å². The minimum Gasteiger partial charge on any atom is -0.497 e. The quantitative estimate of drug-likeness (QED) is 0.828. The molecular formula is C11H13ClO4. The van der Waals surface area contributed by atoms with E-state index in [4.69, 9.17) is 26.6 Å². The van der Waals surface area contributed by atoms with Gasteiger partial charge in [-0.1, -0.05) is 17.7 Å². The highest BCUT2D eigenvalue weighted by atomic mass is 35.5. The van der Waals surface area contributed by atoms with Gasteiger partial charge in [0.05, 0.1) is 7.11 Å². The third-order valence-electron chi connectivity index (χ3n) is 2.23. The average molecular weight is 245 g/mol. The van der Waals surface area contributed by atoms with Crippen molar-refractivity contribution < 1.29 is 19.7 Å². The summed E-state index contributed by atoms with van der Waals surface area (Å²) in [5.41, 5.74) is 0.794. The summed E-state index contributed by atoms with van der Waals surface area (Å²) in [6.45, 7) is 0. The molecular weight excluding hydrogens is 232 g/mol. The van der Waals surface area contributed by atoms with Crippen molar-refractivity contribution in [2.24, 2.45) is 0 Å². The molecule has 0 aliphatic rings. The fourth-order valence-electron chi connectivity index (χ4n) is 1.27. The van der Waals surface area contributed by atoms with E-state index in [-0.39, 0.29) is 6.42 Å². The van der Waals surface area contributed by atoms with Crippen LogP contribution in [0.2, 0.25) is 5.02 Å². The normalized spacial score (nSPS) is 12.2. The Labute approximate surface area is 98.4 Å². The second kappa shape index (κ2) is 5.72. The van der Waals surface area contributed by atoms with Gasteiger partial charge in [0.1, 0.15) is 5.75 Å². The van der Waals surface area contributed by atoms with Gasteiger partial charge in [-0.3, -0.25) is 0 Å². The smallest absolute Gasteiger partial charge is 0.332 e. The molecule has 0 saturated heterocycles. The van der Waals surface area contributed by atoms with Crippen molar-refractivity contribution in [1.82, 2.24) is 0 Å². The van der Waals surface area contributed by atoms with Crippen LogP contribution in [0, 0.1) is 0 Å². The Morgan fingerprint density at radius 1 is 1.56 bits per heavy atom. The van der Waals surface area contributed by atoms with Crippen LogP contribution in [-0.2, 0) is 11.2 Å². The lowest BCUT2D eigenvalue weighted by atomic mass is 10.1. The molecule has 0 aliphatic heterocycles. The van der Waals surface area contributed by atoms with E-state index in [1.54, 1.807) is 25.3 Å². The Hall–Kier alpha value is -1.26. The molecule has 0 fully saturated rings. The summed E-state index contributed by atoms with van der Waals surface area (Å²) in [4.78, 5) is 10.4. The number of aliphatic hydroxyl groups excluding tert-OH is 1. The molecule has 5 heteroatoms. The van der Waals surface area contributed by atoms with E-state index in [0.717, 1.165) is 5.56 Å². The van der Waals surface area contributed by atoms with Gasteiger partial charge in [0.25, 0.3) is 0 Å². The van der Waals surface area contributed by atoms with Crippen molar-refractivity contribution in [3.63, 3.8) is 0 Å². The van der Waals surface area contributed by atoms with Gasteiger partial charge < -0.3 is 14.9 Å². The van der Waals surface area contributed by atoms with Gasteiger partial charge in [0, 0.05) is 5.02 Å². The SMILES string of the molecule is COc1ccc(CCC(O)C(=O)O)c(Cl)c1. The molecule has 1 atom stereocenters. The first-order chi connectivity index (χ1) is 7.54. The molecule has 0 aliphatic carbocycles. The minimum absolute atomic E-state index is 0.140. The fraction of sp³-hybridized carbons (Fsp3) is 0.364. The standard InChI is InChI=1S/C11H13ClO4/c1-16-8-4-2-7(9(12)6-8)3-5-10(13)11(14)15/h2,4,6,10,13H,3,5H2,1H3,(H,14,15). The molecule has 1 unspecified atom stereocenters. The van der Waals surface area contributed by atoms with Gasteiger partial charge >= 0.3 is 5.97 Å². The minimum atomic E-state index is -1.35. The van der Waals surface area contributed by atoms with Gasteiger partial charge in [-0.05, 0) is 30.5 Å². The number of benzene rings is 1. The molecule has 4 nitrogen and oxygen atoms in total. The molecule has 0 amide bonds. The van der Waals surface area contributed by atoms with Crippen LogP contribution in [0.5, 0.6) is 5.75 Å². The molecule has 0 radical (unpaired) electrons. The van der Waals surface area contributed by atoms with Crippen molar-refractivity contribution in [2.45, 2.75) is 18.9 Å². The number of ether oxygens (including phenoxy) is 1. The van der Waals surface area contributed by atoms with E-state index in [9.17, 15) is 4.79 Å². The molecule has 0 bridgehead atoms. The lowest BCUT2D eigenvalue weighted by Gasteiger charge is -2.08. The zero-order valence-corrected chi connectivity index (χ0v) is 9.57. The Bertz CT molecular complexity index is 378. The van der Waals surface area contributed by atoms with Crippen LogP contribution < -0.4 is 4.74 Å². The Morgan fingerprint density at radius 2 is 2.25 bits per heavy atom. The van der Waals surface area contributed by atoms with E-state index < -0.39 is 12.1 Å². The Kier molecular flexibility index (Phi) is 4.58. The number of hydrogen-bond donors (Lipinski definition) is 2. The van der Waals surface area contributed by atoms with E-state index >= 15 is 0 Å². The molecule has 1 aromatic rings. The fourth-order valence-corrected chi connectivity index (χ4v) is 1.54. The molecule has 0 saturated carbocycles. The number of aliphatic hydroxyl groups is 1. The largest absolute Gasteiger partial charge is 0.497 e. The molecule has 2 N–H and O–H groups in total. The zero-order chi connectivity index (χ0) is 12.1. The maximum absolute atomic E-state index is 10.4. The van der Waals surface area contributed by atoms with Crippen molar-refractivity contribution >= 4 is 17.6 Å². The first kappa shape index (κ1) is 12.8. The van der Waals surface area contributed by atoms with Gasteiger partial charge in [-0.2, -0.15) is 0 Å². The summed E-state index contributed by atoms with van der Waals surface area (Å²) in [6.07, 6.45) is -0.796. The van der Waals surface area contributed by atoms with Gasteiger partial charge in [0.2, 0.25) is 0 Å². The van der Waals surface area contributed by atoms with Crippen LogP contribution in [0.4, 0.5) is 0 Å². The number of halogens is 1. The van der Waals surface area contributed by atoms with Crippen LogP contribution in [0.3, 0.4) is 0 Å². The van der Waals surface area contributed by atoms with Crippen LogP contribution >= 0.6 is 11.6 Å². The molecule has 88 valence electrons. The molecule has 1 aromatic carbocycles. The second-order valence-corrected chi connectivity index (χ2v) is 3.76. The molecule has 0 heterocycles. The van der Waals surface area contributed by atoms with E-state index in [2.05, 4.69) is 0 Å². The number of methoxy groups -OCH3 is 1. The van der Waals surface area contributed by atoms with E-state index in [1.165, 1.54) is 0 Å². The monoisotopic (exact) mass is 244 g/mol. The number of carboxylic acid groups (broad SMARTS) is 1. The van der Waals surface area contributed by atoms with Crippen molar-refractivity contribution in [3.8, 4) is 5.75 Å². The van der Waals surface area contributed by atoms with Gasteiger partial charge in [-0.15, -0.1) is 0 Å².